The molecule has 9 heteroatoms. The molecule has 0 saturated heterocycles. The van der Waals surface area contributed by atoms with Crippen LogP contribution in [0, 0.1) is 0 Å². The molecule has 0 bridgehead atoms. The highest BCUT2D eigenvalue weighted by Crippen LogP contribution is 2.07. The van der Waals surface area contributed by atoms with Crippen LogP contribution in [0.1, 0.15) is 23.1 Å². The monoisotopic (exact) mass is 276 g/mol. The molecule has 0 aromatic carbocycles. The standard InChI is InChI=1S/C11H12N6O3/c1-2-7-9(10(19)20)15-16-17(7)6-8(18)14-11-12-4-3-5-13-11/h3-5H,2,6H2,1H3,(H,19,20)(H,12,13,14,18). The van der Waals surface area contributed by atoms with E-state index in [1.54, 1.807) is 13.0 Å². The maximum Gasteiger partial charge on any atom is 0.358 e. The van der Waals surface area contributed by atoms with Crippen LogP contribution in [0.2, 0.25) is 0 Å². The Kier molecular flexibility index (Phi) is 3.99. The van der Waals surface area contributed by atoms with Crippen LogP contribution in [-0.2, 0) is 17.8 Å². The van der Waals surface area contributed by atoms with Gasteiger partial charge in [-0.2, -0.15) is 0 Å². The van der Waals surface area contributed by atoms with Gasteiger partial charge in [-0.3, -0.25) is 10.1 Å². The number of carbonyl (C=O) groups excluding carboxylic acids is 1. The zero-order chi connectivity index (χ0) is 14.5. The number of carboxylic acid groups (broad SMARTS) is 1. The smallest absolute Gasteiger partial charge is 0.358 e. The Morgan fingerprint density at radius 1 is 1.35 bits per heavy atom. The first-order chi connectivity index (χ1) is 9.61. The van der Waals surface area contributed by atoms with E-state index >= 15 is 0 Å². The lowest BCUT2D eigenvalue weighted by Gasteiger charge is -2.05. The van der Waals surface area contributed by atoms with Crippen LogP contribution in [-0.4, -0.2) is 41.9 Å². The average Bonchev–Trinajstić information content (AvgIpc) is 2.82. The number of hydrogen-bond acceptors (Lipinski definition) is 6. The van der Waals surface area contributed by atoms with Crippen molar-refractivity contribution >= 4 is 17.8 Å². The molecule has 104 valence electrons. The Balaban J connectivity index is 2.10. The summed E-state index contributed by atoms with van der Waals surface area (Å²) >= 11 is 0. The lowest BCUT2D eigenvalue weighted by molar-refractivity contribution is -0.117. The second-order valence-electron chi connectivity index (χ2n) is 3.82. The van der Waals surface area contributed by atoms with Crippen LogP contribution < -0.4 is 5.32 Å². The molecule has 0 saturated carbocycles. The molecule has 0 fully saturated rings. The molecule has 0 aliphatic rings. The van der Waals surface area contributed by atoms with Gasteiger partial charge < -0.3 is 5.11 Å². The molecular formula is C11H12N6O3. The summed E-state index contributed by atoms with van der Waals surface area (Å²) in [4.78, 5) is 30.4. The summed E-state index contributed by atoms with van der Waals surface area (Å²) in [5, 5.41) is 18.6. The van der Waals surface area contributed by atoms with Crippen LogP contribution in [0.5, 0.6) is 0 Å². The molecule has 2 aromatic rings. The van der Waals surface area contributed by atoms with Crippen LogP contribution in [0.15, 0.2) is 18.5 Å². The van der Waals surface area contributed by atoms with Crippen LogP contribution >= 0.6 is 0 Å². The number of amides is 1. The van der Waals surface area contributed by atoms with Crippen molar-refractivity contribution in [2.75, 3.05) is 5.32 Å². The van der Waals surface area contributed by atoms with Gasteiger partial charge in [0.1, 0.15) is 6.54 Å². The molecule has 0 atom stereocenters. The average molecular weight is 276 g/mol. The predicted octanol–water partition coefficient (Wildman–Crippen LogP) is -0.0326. The number of rotatable bonds is 5. The lowest BCUT2D eigenvalue weighted by atomic mass is 10.2. The van der Waals surface area contributed by atoms with Crippen molar-refractivity contribution in [1.82, 2.24) is 25.0 Å². The molecule has 0 radical (unpaired) electrons. The van der Waals surface area contributed by atoms with Crippen molar-refractivity contribution in [3.05, 3.63) is 29.8 Å². The SMILES string of the molecule is CCc1c(C(=O)O)nnn1CC(=O)Nc1ncccn1. The third-order valence-electron chi connectivity index (χ3n) is 2.49. The second kappa shape index (κ2) is 5.87. The van der Waals surface area contributed by atoms with Gasteiger partial charge in [0.25, 0.3) is 0 Å². The maximum absolute atomic E-state index is 11.8. The fourth-order valence-electron chi connectivity index (χ4n) is 1.64. The first kappa shape index (κ1) is 13.6. The maximum atomic E-state index is 11.8. The fraction of sp³-hybridized carbons (Fsp3) is 0.273. The summed E-state index contributed by atoms with van der Waals surface area (Å²) in [6.45, 7) is 1.61. The summed E-state index contributed by atoms with van der Waals surface area (Å²) in [5.41, 5.74) is 0.248. The van der Waals surface area contributed by atoms with Crippen molar-refractivity contribution in [2.24, 2.45) is 0 Å². The highest BCUT2D eigenvalue weighted by Gasteiger charge is 2.18. The summed E-state index contributed by atoms with van der Waals surface area (Å²) in [5.74, 6) is -1.40. The summed E-state index contributed by atoms with van der Waals surface area (Å²) in [7, 11) is 0. The number of hydrogen-bond donors (Lipinski definition) is 2. The molecule has 0 unspecified atom stereocenters. The van der Waals surface area contributed by atoms with E-state index in [-0.39, 0.29) is 18.2 Å². The Morgan fingerprint density at radius 2 is 2.05 bits per heavy atom. The molecule has 2 N–H and O–H groups in total. The Morgan fingerprint density at radius 3 is 2.65 bits per heavy atom. The third-order valence-corrected chi connectivity index (χ3v) is 2.49. The number of nitrogens with zero attached hydrogens (tertiary/aromatic N) is 5. The minimum absolute atomic E-state index is 0.142. The minimum Gasteiger partial charge on any atom is -0.476 e. The van der Waals surface area contributed by atoms with Gasteiger partial charge in [-0.05, 0) is 12.5 Å². The molecule has 2 rings (SSSR count). The highest BCUT2D eigenvalue weighted by atomic mass is 16.4. The van der Waals surface area contributed by atoms with Crippen LogP contribution in [0.4, 0.5) is 5.95 Å². The van der Waals surface area contributed by atoms with Crippen molar-refractivity contribution in [1.29, 1.82) is 0 Å². The molecule has 2 aromatic heterocycles. The largest absolute Gasteiger partial charge is 0.476 e. The number of carboxylic acids is 1. The number of anilines is 1. The van der Waals surface area contributed by atoms with Gasteiger partial charge in [-0.15, -0.1) is 5.10 Å². The van der Waals surface area contributed by atoms with E-state index in [9.17, 15) is 9.59 Å². The van der Waals surface area contributed by atoms with E-state index < -0.39 is 11.9 Å². The molecule has 9 nitrogen and oxygen atoms in total. The summed E-state index contributed by atoms with van der Waals surface area (Å²) in [6.07, 6.45) is 3.40. The van der Waals surface area contributed by atoms with Crippen LogP contribution in [0.25, 0.3) is 0 Å². The van der Waals surface area contributed by atoms with E-state index in [2.05, 4.69) is 25.6 Å². The first-order valence-corrected chi connectivity index (χ1v) is 5.84. The second-order valence-corrected chi connectivity index (χ2v) is 3.82. The number of nitrogens with one attached hydrogen (secondary N) is 1. The van der Waals surface area contributed by atoms with Gasteiger partial charge >= 0.3 is 5.97 Å². The van der Waals surface area contributed by atoms with Gasteiger partial charge in [-0.1, -0.05) is 12.1 Å². The van der Waals surface area contributed by atoms with E-state index in [1.165, 1.54) is 17.1 Å². The Hall–Kier alpha value is -2.84. The lowest BCUT2D eigenvalue weighted by Crippen LogP contribution is -2.22. The van der Waals surface area contributed by atoms with Crippen LogP contribution in [0.3, 0.4) is 0 Å². The molecular weight excluding hydrogens is 264 g/mol. The molecule has 20 heavy (non-hydrogen) atoms. The van der Waals surface area contributed by atoms with Gasteiger partial charge in [0.05, 0.1) is 5.69 Å². The van der Waals surface area contributed by atoms with E-state index in [0.717, 1.165) is 0 Å². The van der Waals surface area contributed by atoms with Gasteiger partial charge in [-0.25, -0.2) is 19.4 Å². The first-order valence-electron chi connectivity index (χ1n) is 5.84. The van der Waals surface area contributed by atoms with Crippen molar-refractivity contribution < 1.29 is 14.7 Å². The van der Waals surface area contributed by atoms with E-state index in [0.29, 0.717) is 12.1 Å². The van der Waals surface area contributed by atoms with Crippen molar-refractivity contribution in [3.8, 4) is 0 Å². The molecule has 1 amide bonds. The zero-order valence-electron chi connectivity index (χ0n) is 10.6. The molecule has 0 spiro atoms. The predicted molar refractivity (Wildman–Crippen MR) is 67.0 cm³/mol. The third kappa shape index (κ3) is 2.94. The van der Waals surface area contributed by atoms with Gasteiger partial charge in [0, 0.05) is 12.4 Å². The number of carbonyl (C=O) groups is 2. The van der Waals surface area contributed by atoms with E-state index in [4.69, 9.17) is 5.11 Å². The molecule has 0 aliphatic carbocycles. The van der Waals surface area contributed by atoms with Crippen molar-refractivity contribution in [3.63, 3.8) is 0 Å². The molecule has 0 aliphatic heterocycles. The summed E-state index contributed by atoms with van der Waals surface area (Å²) < 4.78 is 1.25. The Labute approximate surface area is 113 Å². The quantitative estimate of drug-likeness (QED) is 0.785. The van der Waals surface area contributed by atoms with E-state index in [1.807, 2.05) is 0 Å². The Bertz CT molecular complexity index is 624. The highest BCUT2D eigenvalue weighted by molar-refractivity contribution is 5.89. The number of aromatic nitrogens is 5. The summed E-state index contributed by atoms with van der Waals surface area (Å²) in [6, 6.07) is 1.63. The number of aromatic carboxylic acids is 1. The minimum atomic E-state index is -1.17. The van der Waals surface area contributed by atoms with Gasteiger partial charge in [0.15, 0.2) is 5.69 Å². The van der Waals surface area contributed by atoms with Crippen molar-refractivity contribution in [2.45, 2.75) is 19.9 Å². The normalized spacial score (nSPS) is 10.2. The molecule has 2 heterocycles. The fourth-order valence-corrected chi connectivity index (χ4v) is 1.64. The topological polar surface area (TPSA) is 123 Å². The zero-order valence-corrected chi connectivity index (χ0v) is 10.6. The van der Waals surface area contributed by atoms with Gasteiger partial charge in [0.2, 0.25) is 11.9 Å².